The highest BCUT2D eigenvalue weighted by Gasteiger charge is 2.15. The van der Waals surface area contributed by atoms with E-state index in [2.05, 4.69) is 11.0 Å². The minimum Gasteiger partial charge on any atom is -0.491 e. The summed E-state index contributed by atoms with van der Waals surface area (Å²) >= 11 is 0. The largest absolute Gasteiger partial charge is 0.491 e. The molecule has 0 amide bonds. The Bertz CT molecular complexity index is 338. The molecule has 0 saturated carbocycles. The van der Waals surface area contributed by atoms with Gasteiger partial charge < -0.3 is 14.7 Å². The highest BCUT2D eigenvalue weighted by atomic mass is 16.5. The van der Waals surface area contributed by atoms with E-state index in [0.29, 0.717) is 0 Å². The number of aliphatic hydroxyl groups excluding tert-OH is 1. The average Bonchev–Trinajstić information content (AvgIpc) is 2.48. The summed E-state index contributed by atoms with van der Waals surface area (Å²) in [6.07, 6.45) is 1.60. The van der Waals surface area contributed by atoms with E-state index in [-0.39, 0.29) is 6.10 Å². The zero-order valence-electron chi connectivity index (χ0n) is 9.72. The van der Waals surface area contributed by atoms with Crippen LogP contribution in [0.25, 0.3) is 0 Å². The molecule has 3 nitrogen and oxygen atoms in total. The van der Waals surface area contributed by atoms with Gasteiger partial charge in [-0.05, 0) is 31.9 Å². The predicted molar refractivity (Wildman–Crippen MR) is 65.1 cm³/mol. The maximum Gasteiger partial charge on any atom is 0.142 e. The Morgan fingerprint density at radius 3 is 3.06 bits per heavy atom. The number of hydrogen-bond donors (Lipinski definition) is 1. The van der Waals surface area contributed by atoms with Crippen LogP contribution in [0.5, 0.6) is 5.75 Å². The maximum atomic E-state index is 9.34. The minimum absolute atomic E-state index is 0.240. The first-order valence-electron chi connectivity index (χ1n) is 5.92. The zero-order valence-corrected chi connectivity index (χ0v) is 9.72. The SMILES string of the molecule is CC(O)CCN1CCCOc2ccccc21. The van der Waals surface area contributed by atoms with Crippen LogP contribution in [0.1, 0.15) is 19.8 Å². The Morgan fingerprint density at radius 1 is 1.44 bits per heavy atom. The molecule has 0 aliphatic carbocycles. The summed E-state index contributed by atoms with van der Waals surface area (Å²) in [5.41, 5.74) is 1.15. The summed E-state index contributed by atoms with van der Waals surface area (Å²) in [7, 11) is 0. The van der Waals surface area contributed by atoms with Crippen LogP contribution >= 0.6 is 0 Å². The summed E-state index contributed by atoms with van der Waals surface area (Å²) in [6, 6.07) is 8.12. The van der Waals surface area contributed by atoms with E-state index in [4.69, 9.17) is 4.74 Å². The third-order valence-electron chi connectivity index (χ3n) is 2.85. The summed E-state index contributed by atoms with van der Waals surface area (Å²) in [5, 5.41) is 9.34. The van der Waals surface area contributed by atoms with Crippen LogP contribution in [-0.2, 0) is 0 Å². The fourth-order valence-electron chi connectivity index (χ4n) is 1.97. The Morgan fingerprint density at radius 2 is 2.25 bits per heavy atom. The molecule has 1 aromatic carbocycles. The molecule has 2 rings (SSSR count). The van der Waals surface area contributed by atoms with E-state index < -0.39 is 0 Å². The molecule has 1 N–H and O–H groups in total. The Balaban J connectivity index is 2.12. The van der Waals surface area contributed by atoms with Gasteiger partial charge in [0.25, 0.3) is 0 Å². The van der Waals surface area contributed by atoms with Crippen molar-refractivity contribution < 1.29 is 9.84 Å². The second-order valence-corrected chi connectivity index (χ2v) is 4.29. The number of rotatable bonds is 3. The van der Waals surface area contributed by atoms with Crippen molar-refractivity contribution in [1.82, 2.24) is 0 Å². The van der Waals surface area contributed by atoms with Crippen LogP contribution in [0.2, 0.25) is 0 Å². The standard InChI is InChI=1S/C13H19NO2/c1-11(15)7-9-14-8-4-10-16-13-6-3-2-5-12(13)14/h2-3,5-6,11,15H,4,7-10H2,1H3. The quantitative estimate of drug-likeness (QED) is 0.848. The predicted octanol–water partition coefficient (Wildman–Crippen LogP) is 2.05. The van der Waals surface area contributed by atoms with Crippen molar-refractivity contribution in [2.45, 2.75) is 25.9 Å². The Labute approximate surface area is 96.6 Å². The van der Waals surface area contributed by atoms with Gasteiger partial charge in [0, 0.05) is 13.1 Å². The zero-order chi connectivity index (χ0) is 11.4. The van der Waals surface area contributed by atoms with E-state index in [1.165, 1.54) is 0 Å². The second kappa shape index (κ2) is 5.21. The number of nitrogens with zero attached hydrogens (tertiary/aromatic N) is 1. The summed E-state index contributed by atoms with van der Waals surface area (Å²) < 4.78 is 5.68. The molecule has 88 valence electrons. The van der Waals surface area contributed by atoms with Crippen LogP contribution in [0.15, 0.2) is 24.3 Å². The molecule has 0 fully saturated rings. The fraction of sp³-hybridized carbons (Fsp3) is 0.538. The first kappa shape index (κ1) is 11.3. The topological polar surface area (TPSA) is 32.7 Å². The number of anilines is 1. The van der Waals surface area contributed by atoms with Crippen LogP contribution < -0.4 is 9.64 Å². The third kappa shape index (κ3) is 2.67. The number of aliphatic hydroxyl groups is 1. The molecule has 0 spiro atoms. The normalized spacial score (nSPS) is 17.2. The first-order chi connectivity index (χ1) is 7.77. The van der Waals surface area contributed by atoms with Gasteiger partial charge in [-0.2, -0.15) is 0 Å². The van der Waals surface area contributed by atoms with Gasteiger partial charge in [-0.25, -0.2) is 0 Å². The van der Waals surface area contributed by atoms with Crippen LogP contribution in [0.3, 0.4) is 0 Å². The monoisotopic (exact) mass is 221 g/mol. The summed E-state index contributed by atoms with van der Waals surface area (Å²) in [4.78, 5) is 2.30. The fourth-order valence-corrected chi connectivity index (χ4v) is 1.97. The Kier molecular flexibility index (Phi) is 3.67. The van der Waals surface area contributed by atoms with Crippen molar-refractivity contribution in [2.75, 3.05) is 24.6 Å². The molecular weight excluding hydrogens is 202 g/mol. The van der Waals surface area contributed by atoms with Crippen molar-refractivity contribution in [3.8, 4) is 5.75 Å². The lowest BCUT2D eigenvalue weighted by atomic mass is 10.2. The van der Waals surface area contributed by atoms with Gasteiger partial charge >= 0.3 is 0 Å². The number of hydrogen-bond acceptors (Lipinski definition) is 3. The van der Waals surface area contributed by atoms with Gasteiger partial charge in [-0.1, -0.05) is 12.1 Å². The lowest BCUT2D eigenvalue weighted by molar-refractivity contribution is 0.186. The average molecular weight is 221 g/mol. The number of benzene rings is 1. The highest BCUT2D eigenvalue weighted by Crippen LogP contribution is 2.30. The minimum atomic E-state index is -0.240. The molecule has 1 aliphatic rings. The molecule has 0 saturated heterocycles. The van der Waals surface area contributed by atoms with Crippen molar-refractivity contribution in [1.29, 1.82) is 0 Å². The van der Waals surface area contributed by atoms with Gasteiger partial charge in [-0.15, -0.1) is 0 Å². The van der Waals surface area contributed by atoms with E-state index in [1.807, 2.05) is 25.1 Å². The van der Waals surface area contributed by atoms with Gasteiger partial charge in [0.2, 0.25) is 0 Å². The van der Waals surface area contributed by atoms with Crippen molar-refractivity contribution >= 4 is 5.69 Å². The summed E-state index contributed by atoms with van der Waals surface area (Å²) in [5.74, 6) is 0.964. The lowest BCUT2D eigenvalue weighted by Crippen LogP contribution is -2.27. The van der Waals surface area contributed by atoms with E-state index >= 15 is 0 Å². The molecule has 0 bridgehead atoms. The number of ether oxygens (including phenoxy) is 1. The maximum absolute atomic E-state index is 9.34. The van der Waals surface area contributed by atoms with E-state index in [1.54, 1.807) is 0 Å². The Hall–Kier alpha value is -1.22. The lowest BCUT2D eigenvalue weighted by Gasteiger charge is -2.24. The molecule has 0 aromatic heterocycles. The van der Waals surface area contributed by atoms with Crippen molar-refractivity contribution in [3.63, 3.8) is 0 Å². The molecule has 16 heavy (non-hydrogen) atoms. The van der Waals surface area contributed by atoms with Crippen molar-refractivity contribution in [3.05, 3.63) is 24.3 Å². The van der Waals surface area contributed by atoms with Gasteiger partial charge in [-0.3, -0.25) is 0 Å². The van der Waals surface area contributed by atoms with Gasteiger partial charge in [0.1, 0.15) is 5.75 Å². The molecular formula is C13H19NO2. The molecule has 1 aromatic rings. The van der Waals surface area contributed by atoms with Crippen molar-refractivity contribution in [2.24, 2.45) is 0 Å². The molecule has 1 unspecified atom stereocenters. The molecule has 1 heterocycles. The highest BCUT2D eigenvalue weighted by molar-refractivity contribution is 5.58. The molecule has 1 atom stereocenters. The number of para-hydroxylation sites is 2. The third-order valence-corrected chi connectivity index (χ3v) is 2.85. The summed E-state index contributed by atoms with van der Waals surface area (Å²) in [6.45, 7) is 4.50. The van der Waals surface area contributed by atoms with E-state index in [9.17, 15) is 5.11 Å². The first-order valence-corrected chi connectivity index (χ1v) is 5.92. The number of fused-ring (bicyclic) bond motifs is 1. The smallest absolute Gasteiger partial charge is 0.142 e. The van der Waals surface area contributed by atoms with Crippen LogP contribution in [-0.4, -0.2) is 30.9 Å². The van der Waals surface area contributed by atoms with E-state index in [0.717, 1.165) is 44.0 Å². The van der Waals surface area contributed by atoms with Gasteiger partial charge in [0.05, 0.1) is 18.4 Å². The second-order valence-electron chi connectivity index (χ2n) is 4.29. The van der Waals surface area contributed by atoms with Gasteiger partial charge in [0.15, 0.2) is 0 Å². The molecule has 0 radical (unpaired) electrons. The van der Waals surface area contributed by atoms with Crippen LogP contribution in [0.4, 0.5) is 5.69 Å². The molecule has 1 aliphatic heterocycles. The van der Waals surface area contributed by atoms with Crippen LogP contribution in [0, 0.1) is 0 Å². The molecule has 3 heteroatoms.